The molecule has 1 aromatic carbocycles. The fraction of sp³-hybridized carbons (Fsp3) is 0.421. The van der Waals surface area contributed by atoms with Gasteiger partial charge in [0.15, 0.2) is 0 Å². The number of carbonyl (C=O) groups is 1. The molecule has 26 heavy (non-hydrogen) atoms. The SMILES string of the molecule is CC(F)(F)c1cc(NC(=O)NC2CN(CC3=CCCC=C3)C2)ccc1F. The highest BCUT2D eigenvalue weighted by Gasteiger charge is 2.30. The molecule has 140 valence electrons. The smallest absolute Gasteiger partial charge is 0.319 e. The molecule has 1 aliphatic heterocycles. The molecule has 4 nitrogen and oxygen atoms in total. The molecule has 0 aromatic heterocycles. The van der Waals surface area contributed by atoms with E-state index in [-0.39, 0.29) is 11.7 Å². The monoisotopic (exact) mass is 365 g/mol. The second kappa shape index (κ2) is 7.53. The molecule has 7 heteroatoms. The normalized spacial score (nSPS) is 18.2. The van der Waals surface area contributed by atoms with Crippen molar-refractivity contribution in [3.8, 4) is 0 Å². The summed E-state index contributed by atoms with van der Waals surface area (Å²) < 4.78 is 40.2. The summed E-state index contributed by atoms with van der Waals surface area (Å²) in [6.07, 6.45) is 8.67. The fourth-order valence-electron chi connectivity index (χ4n) is 3.13. The molecule has 0 radical (unpaired) electrons. The van der Waals surface area contributed by atoms with Gasteiger partial charge < -0.3 is 10.6 Å². The van der Waals surface area contributed by atoms with Gasteiger partial charge in [0.25, 0.3) is 5.92 Å². The van der Waals surface area contributed by atoms with E-state index in [1.807, 2.05) is 0 Å². The summed E-state index contributed by atoms with van der Waals surface area (Å²) in [5, 5.41) is 5.28. The first-order valence-corrected chi connectivity index (χ1v) is 8.64. The van der Waals surface area contributed by atoms with Crippen LogP contribution in [0.4, 0.5) is 23.7 Å². The largest absolute Gasteiger partial charge is 0.333 e. The topological polar surface area (TPSA) is 44.4 Å². The van der Waals surface area contributed by atoms with Gasteiger partial charge in [0.05, 0.1) is 11.6 Å². The van der Waals surface area contributed by atoms with Crippen molar-refractivity contribution in [2.45, 2.75) is 31.7 Å². The first-order valence-electron chi connectivity index (χ1n) is 8.64. The zero-order valence-electron chi connectivity index (χ0n) is 14.6. The highest BCUT2D eigenvalue weighted by atomic mass is 19.3. The van der Waals surface area contributed by atoms with Gasteiger partial charge in [0, 0.05) is 32.2 Å². The summed E-state index contributed by atoms with van der Waals surface area (Å²) in [6, 6.07) is 2.68. The zero-order valence-corrected chi connectivity index (χ0v) is 14.6. The van der Waals surface area contributed by atoms with E-state index in [1.165, 1.54) is 11.6 Å². The van der Waals surface area contributed by atoms with Crippen molar-refractivity contribution < 1.29 is 18.0 Å². The number of likely N-dealkylation sites (tertiary alicyclic amines) is 1. The molecule has 0 bridgehead atoms. The predicted molar refractivity (Wildman–Crippen MR) is 94.8 cm³/mol. The Kier molecular flexibility index (Phi) is 5.36. The Morgan fingerprint density at radius 2 is 2.08 bits per heavy atom. The third kappa shape index (κ3) is 4.66. The average molecular weight is 365 g/mol. The van der Waals surface area contributed by atoms with Crippen LogP contribution in [-0.4, -0.2) is 36.6 Å². The van der Waals surface area contributed by atoms with E-state index in [0.29, 0.717) is 6.92 Å². The van der Waals surface area contributed by atoms with E-state index in [9.17, 15) is 18.0 Å². The summed E-state index contributed by atoms with van der Waals surface area (Å²) in [5.74, 6) is -4.31. The van der Waals surface area contributed by atoms with Crippen molar-refractivity contribution in [1.29, 1.82) is 0 Å². The van der Waals surface area contributed by atoms with Crippen LogP contribution in [0.15, 0.2) is 42.0 Å². The number of nitrogens with zero attached hydrogens (tertiary/aromatic N) is 1. The van der Waals surface area contributed by atoms with Crippen LogP contribution < -0.4 is 10.6 Å². The van der Waals surface area contributed by atoms with E-state index < -0.39 is 23.3 Å². The van der Waals surface area contributed by atoms with Crippen molar-refractivity contribution >= 4 is 11.7 Å². The molecule has 0 spiro atoms. The van der Waals surface area contributed by atoms with Crippen LogP contribution in [0.3, 0.4) is 0 Å². The van der Waals surface area contributed by atoms with E-state index in [4.69, 9.17) is 0 Å². The number of hydrogen-bond acceptors (Lipinski definition) is 2. The van der Waals surface area contributed by atoms with Crippen LogP contribution in [-0.2, 0) is 5.92 Å². The van der Waals surface area contributed by atoms with Gasteiger partial charge in [-0.25, -0.2) is 18.0 Å². The van der Waals surface area contributed by atoms with Crippen molar-refractivity contribution in [3.63, 3.8) is 0 Å². The Balaban J connectivity index is 1.47. The second-order valence-electron chi connectivity index (χ2n) is 6.83. The van der Waals surface area contributed by atoms with Gasteiger partial charge in [-0.2, -0.15) is 0 Å². The predicted octanol–water partition coefficient (Wildman–Crippen LogP) is 4.02. The van der Waals surface area contributed by atoms with Crippen LogP contribution in [0.5, 0.6) is 0 Å². The van der Waals surface area contributed by atoms with Gasteiger partial charge >= 0.3 is 6.03 Å². The van der Waals surface area contributed by atoms with Crippen molar-refractivity contribution in [2.24, 2.45) is 0 Å². The number of halogens is 3. The first-order chi connectivity index (χ1) is 12.3. The second-order valence-corrected chi connectivity index (χ2v) is 6.83. The van der Waals surface area contributed by atoms with Crippen molar-refractivity contribution in [3.05, 3.63) is 53.4 Å². The Bertz CT molecular complexity index is 734. The zero-order chi connectivity index (χ0) is 18.7. The summed E-state index contributed by atoms with van der Waals surface area (Å²) in [6.45, 7) is 2.96. The number of rotatable bonds is 5. The number of allylic oxidation sites excluding steroid dienone is 2. The van der Waals surface area contributed by atoms with Crippen molar-refractivity contribution in [2.75, 3.05) is 25.0 Å². The number of anilines is 1. The lowest BCUT2D eigenvalue weighted by molar-refractivity contribution is 0.0138. The molecule has 1 fully saturated rings. The third-order valence-electron chi connectivity index (χ3n) is 4.47. The Labute approximate surface area is 150 Å². The highest BCUT2D eigenvalue weighted by molar-refractivity contribution is 5.89. The highest BCUT2D eigenvalue weighted by Crippen LogP contribution is 2.31. The average Bonchev–Trinajstić information content (AvgIpc) is 2.54. The van der Waals surface area contributed by atoms with Crippen LogP contribution in [0.2, 0.25) is 0 Å². The summed E-state index contributed by atoms with van der Waals surface area (Å²) in [7, 11) is 0. The minimum atomic E-state index is -3.31. The van der Waals surface area contributed by atoms with Crippen molar-refractivity contribution in [1.82, 2.24) is 10.2 Å². The van der Waals surface area contributed by atoms with Gasteiger partial charge in [0.2, 0.25) is 0 Å². The van der Waals surface area contributed by atoms with Gasteiger partial charge in [0.1, 0.15) is 5.82 Å². The molecule has 1 heterocycles. The lowest BCUT2D eigenvalue weighted by atomic mass is 10.0. The molecule has 3 rings (SSSR count). The fourth-order valence-corrected chi connectivity index (χ4v) is 3.13. The Hall–Kier alpha value is -2.28. The third-order valence-corrected chi connectivity index (χ3v) is 4.47. The standard InChI is InChI=1S/C19H22F3N3O/c1-19(21,22)16-9-14(7-8-17(16)20)23-18(26)24-15-11-25(12-15)10-13-5-3-2-4-6-13/h3,5-9,15H,2,4,10-12H2,1H3,(H2,23,24,26). The summed E-state index contributed by atoms with van der Waals surface area (Å²) in [5.41, 5.74) is 0.687. The van der Waals surface area contributed by atoms with Crippen LogP contribution in [0.1, 0.15) is 25.3 Å². The minimum Gasteiger partial charge on any atom is -0.333 e. The maximum Gasteiger partial charge on any atom is 0.319 e. The van der Waals surface area contributed by atoms with Crippen LogP contribution >= 0.6 is 0 Å². The molecule has 0 saturated carbocycles. The maximum absolute atomic E-state index is 13.5. The Morgan fingerprint density at radius 3 is 2.73 bits per heavy atom. The molecule has 1 aromatic rings. The number of alkyl halides is 2. The van der Waals surface area contributed by atoms with Gasteiger partial charge in [-0.1, -0.05) is 18.2 Å². The number of urea groups is 1. The number of amides is 2. The van der Waals surface area contributed by atoms with Crippen LogP contribution in [0.25, 0.3) is 0 Å². The summed E-state index contributed by atoms with van der Waals surface area (Å²) in [4.78, 5) is 14.2. The number of benzene rings is 1. The molecule has 2 N–H and O–H groups in total. The lowest BCUT2D eigenvalue weighted by Gasteiger charge is -2.39. The molecule has 2 aliphatic rings. The maximum atomic E-state index is 13.5. The van der Waals surface area contributed by atoms with Gasteiger partial charge in [-0.05, 0) is 36.6 Å². The van der Waals surface area contributed by atoms with Gasteiger partial charge in [-0.15, -0.1) is 0 Å². The molecule has 2 amide bonds. The van der Waals surface area contributed by atoms with E-state index in [2.05, 4.69) is 33.8 Å². The molecule has 0 atom stereocenters. The van der Waals surface area contributed by atoms with E-state index >= 15 is 0 Å². The molecule has 1 saturated heterocycles. The summed E-state index contributed by atoms with van der Waals surface area (Å²) >= 11 is 0. The van der Waals surface area contributed by atoms with E-state index in [1.54, 1.807) is 0 Å². The molecule has 0 unspecified atom stereocenters. The number of hydrogen-bond donors (Lipinski definition) is 2. The first kappa shape index (κ1) is 18.5. The van der Waals surface area contributed by atoms with E-state index in [0.717, 1.165) is 44.6 Å². The van der Waals surface area contributed by atoms with Gasteiger partial charge in [-0.3, -0.25) is 4.90 Å². The molecular formula is C19H22F3N3O. The number of nitrogens with one attached hydrogen (secondary N) is 2. The molecular weight excluding hydrogens is 343 g/mol. The number of carbonyl (C=O) groups excluding carboxylic acids is 1. The molecule has 1 aliphatic carbocycles. The quantitative estimate of drug-likeness (QED) is 0.828. The Morgan fingerprint density at radius 1 is 1.31 bits per heavy atom. The van der Waals surface area contributed by atoms with Crippen LogP contribution in [0, 0.1) is 5.82 Å². The lowest BCUT2D eigenvalue weighted by Crippen LogP contribution is -2.60. The minimum absolute atomic E-state index is 0.00991.